The normalized spacial score (nSPS) is 19.3. The maximum Gasteiger partial charge on any atom is 0.222 e. The molecular formula is C27H37NO2. The van der Waals surface area contributed by atoms with Crippen molar-refractivity contribution in [1.29, 1.82) is 0 Å². The second-order valence-corrected chi connectivity index (χ2v) is 9.32. The van der Waals surface area contributed by atoms with Crippen LogP contribution in [0.4, 0.5) is 0 Å². The first-order chi connectivity index (χ1) is 14.4. The molecule has 3 rings (SSSR count). The molecule has 0 spiro atoms. The van der Waals surface area contributed by atoms with E-state index in [1.54, 1.807) is 0 Å². The highest BCUT2D eigenvalue weighted by atomic mass is 16.5. The van der Waals surface area contributed by atoms with E-state index in [1.165, 1.54) is 16.7 Å². The van der Waals surface area contributed by atoms with Crippen molar-refractivity contribution in [1.82, 2.24) is 4.90 Å². The topological polar surface area (TPSA) is 29.5 Å². The van der Waals surface area contributed by atoms with E-state index < -0.39 is 0 Å². The molecule has 0 bridgehead atoms. The number of amides is 1. The van der Waals surface area contributed by atoms with Gasteiger partial charge < -0.3 is 9.64 Å². The van der Waals surface area contributed by atoms with Gasteiger partial charge in [-0.2, -0.15) is 0 Å². The molecule has 162 valence electrons. The van der Waals surface area contributed by atoms with Crippen molar-refractivity contribution in [3.63, 3.8) is 0 Å². The highest BCUT2D eigenvalue weighted by Crippen LogP contribution is 2.40. The summed E-state index contributed by atoms with van der Waals surface area (Å²) in [6.45, 7) is 10.8. The van der Waals surface area contributed by atoms with E-state index in [0.717, 1.165) is 32.4 Å². The standard InChI is InChI=1S/C27H37NO2/c1-5-26(29)28(20-22-9-7-6-8-10-22)17-15-25(23-13-11-21(2)12-14-23)24-16-18-30-27(3,4)19-24/h6-14,24-25H,5,15-20H2,1-4H3/t24-,25+/m0/s1. The molecular weight excluding hydrogens is 370 g/mol. The smallest absolute Gasteiger partial charge is 0.222 e. The predicted octanol–water partition coefficient (Wildman–Crippen LogP) is 6.11. The van der Waals surface area contributed by atoms with Crippen LogP contribution in [0.5, 0.6) is 0 Å². The van der Waals surface area contributed by atoms with Crippen LogP contribution in [-0.4, -0.2) is 29.6 Å². The fourth-order valence-corrected chi connectivity index (χ4v) is 4.72. The third kappa shape index (κ3) is 6.18. The number of carbonyl (C=O) groups excluding carboxylic acids is 1. The molecule has 0 unspecified atom stereocenters. The Morgan fingerprint density at radius 2 is 1.83 bits per heavy atom. The molecule has 1 fully saturated rings. The van der Waals surface area contributed by atoms with Crippen LogP contribution in [0.2, 0.25) is 0 Å². The minimum Gasteiger partial charge on any atom is -0.376 e. The van der Waals surface area contributed by atoms with E-state index in [4.69, 9.17) is 4.74 Å². The molecule has 1 aliphatic rings. The minimum atomic E-state index is -0.0746. The number of rotatable bonds is 8. The Morgan fingerprint density at radius 1 is 1.13 bits per heavy atom. The Balaban J connectivity index is 1.78. The fourth-order valence-electron chi connectivity index (χ4n) is 4.72. The first-order valence-electron chi connectivity index (χ1n) is 11.4. The van der Waals surface area contributed by atoms with Crippen molar-refractivity contribution >= 4 is 5.91 Å². The molecule has 1 amide bonds. The number of hydrogen-bond donors (Lipinski definition) is 0. The van der Waals surface area contributed by atoms with Crippen molar-refractivity contribution in [2.24, 2.45) is 5.92 Å². The number of ether oxygens (including phenoxy) is 1. The second kappa shape index (κ2) is 10.3. The van der Waals surface area contributed by atoms with E-state index in [-0.39, 0.29) is 11.5 Å². The summed E-state index contributed by atoms with van der Waals surface area (Å²) in [7, 11) is 0. The van der Waals surface area contributed by atoms with Gasteiger partial charge in [0.2, 0.25) is 5.91 Å². The Kier molecular flexibility index (Phi) is 7.71. The number of aryl methyl sites for hydroxylation is 1. The molecule has 2 atom stereocenters. The van der Waals surface area contributed by atoms with Crippen LogP contribution in [-0.2, 0) is 16.1 Å². The van der Waals surface area contributed by atoms with Crippen molar-refractivity contribution < 1.29 is 9.53 Å². The quantitative estimate of drug-likeness (QED) is 0.528. The van der Waals surface area contributed by atoms with Crippen molar-refractivity contribution in [3.8, 4) is 0 Å². The van der Waals surface area contributed by atoms with E-state index in [0.29, 0.717) is 24.8 Å². The SMILES string of the molecule is CCC(=O)N(CC[C@H](c1ccc(C)cc1)[C@H]1CCOC(C)(C)C1)Cc1ccccc1. The van der Waals surface area contributed by atoms with Crippen LogP contribution in [0, 0.1) is 12.8 Å². The third-order valence-electron chi connectivity index (χ3n) is 6.39. The zero-order valence-corrected chi connectivity index (χ0v) is 19.1. The molecule has 3 heteroatoms. The molecule has 2 aromatic rings. The molecule has 2 aromatic carbocycles. The Morgan fingerprint density at radius 3 is 2.47 bits per heavy atom. The number of carbonyl (C=O) groups is 1. The summed E-state index contributed by atoms with van der Waals surface area (Å²) in [5.74, 6) is 1.25. The highest BCUT2D eigenvalue weighted by Gasteiger charge is 2.34. The Hall–Kier alpha value is -2.13. The van der Waals surface area contributed by atoms with Gasteiger partial charge in [-0.05, 0) is 63.0 Å². The lowest BCUT2D eigenvalue weighted by molar-refractivity contribution is -0.131. The summed E-state index contributed by atoms with van der Waals surface area (Å²) in [4.78, 5) is 14.7. The van der Waals surface area contributed by atoms with Crippen LogP contribution >= 0.6 is 0 Å². The molecule has 1 heterocycles. The fraction of sp³-hybridized carbons (Fsp3) is 0.519. The molecule has 0 aliphatic carbocycles. The zero-order chi connectivity index (χ0) is 21.6. The molecule has 1 aliphatic heterocycles. The van der Waals surface area contributed by atoms with Gasteiger partial charge in [-0.15, -0.1) is 0 Å². The van der Waals surface area contributed by atoms with Crippen molar-refractivity contribution in [2.75, 3.05) is 13.2 Å². The van der Waals surface area contributed by atoms with Crippen molar-refractivity contribution in [3.05, 3.63) is 71.3 Å². The van der Waals surface area contributed by atoms with Crippen LogP contribution in [0.1, 0.15) is 69.1 Å². The summed E-state index contributed by atoms with van der Waals surface area (Å²) >= 11 is 0. The summed E-state index contributed by atoms with van der Waals surface area (Å²) in [6.07, 6.45) is 3.68. The van der Waals surface area contributed by atoms with Crippen molar-refractivity contribution in [2.45, 2.75) is 71.4 Å². The van der Waals surface area contributed by atoms with E-state index in [1.807, 2.05) is 30.0 Å². The molecule has 1 saturated heterocycles. The lowest BCUT2D eigenvalue weighted by Crippen LogP contribution is -2.38. The summed E-state index contributed by atoms with van der Waals surface area (Å²) in [5, 5.41) is 0. The average molecular weight is 408 g/mol. The Bertz CT molecular complexity index is 797. The zero-order valence-electron chi connectivity index (χ0n) is 19.1. The number of hydrogen-bond acceptors (Lipinski definition) is 2. The van der Waals surface area contributed by atoms with Crippen LogP contribution < -0.4 is 0 Å². The van der Waals surface area contributed by atoms with Gasteiger partial charge in [0.25, 0.3) is 0 Å². The highest BCUT2D eigenvalue weighted by molar-refractivity contribution is 5.75. The lowest BCUT2D eigenvalue weighted by atomic mass is 9.75. The van der Waals surface area contributed by atoms with Gasteiger partial charge in [0.15, 0.2) is 0 Å². The molecule has 30 heavy (non-hydrogen) atoms. The second-order valence-electron chi connectivity index (χ2n) is 9.32. The van der Waals surface area contributed by atoms with Gasteiger partial charge in [0, 0.05) is 26.1 Å². The molecule has 3 nitrogen and oxygen atoms in total. The molecule has 0 saturated carbocycles. The van der Waals surface area contributed by atoms with Crippen LogP contribution in [0.25, 0.3) is 0 Å². The van der Waals surface area contributed by atoms with Gasteiger partial charge in [-0.25, -0.2) is 0 Å². The maximum absolute atomic E-state index is 12.7. The van der Waals surface area contributed by atoms with E-state index in [9.17, 15) is 4.79 Å². The Labute approximate surface area is 182 Å². The maximum atomic E-state index is 12.7. The largest absolute Gasteiger partial charge is 0.376 e. The summed E-state index contributed by atoms with van der Waals surface area (Å²) < 4.78 is 6.00. The molecule has 0 radical (unpaired) electrons. The van der Waals surface area contributed by atoms with Gasteiger partial charge in [-0.1, -0.05) is 67.1 Å². The molecule has 0 N–H and O–H groups in total. The average Bonchev–Trinajstić information content (AvgIpc) is 2.74. The van der Waals surface area contributed by atoms with Crippen LogP contribution in [0.3, 0.4) is 0 Å². The van der Waals surface area contributed by atoms with Gasteiger partial charge >= 0.3 is 0 Å². The predicted molar refractivity (Wildman–Crippen MR) is 123 cm³/mol. The van der Waals surface area contributed by atoms with Gasteiger partial charge in [0.05, 0.1) is 5.60 Å². The minimum absolute atomic E-state index is 0.0746. The van der Waals surface area contributed by atoms with Crippen LogP contribution in [0.15, 0.2) is 54.6 Å². The summed E-state index contributed by atoms with van der Waals surface area (Å²) in [5.41, 5.74) is 3.80. The molecule has 0 aromatic heterocycles. The number of benzene rings is 2. The van der Waals surface area contributed by atoms with E-state index >= 15 is 0 Å². The monoisotopic (exact) mass is 407 g/mol. The summed E-state index contributed by atoms with van der Waals surface area (Å²) in [6, 6.07) is 19.3. The lowest BCUT2D eigenvalue weighted by Gasteiger charge is -2.40. The first-order valence-corrected chi connectivity index (χ1v) is 11.4. The van der Waals surface area contributed by atoms with Gasteiger partial charge in [-0.3, -0.25) is 4.79 Å². The van der Waals surface area contributed by atoms with Gasteiger partial charge in [0.1, 0.15) is 0 Å². The first kappa shape index (κ1) is 22.6. The van der Waals surface area contributed by atoms with E-state index in [2.05, 4.69) is 57.2 Å². The third-order valence-corrected chi connectivity index (χ3v) is 6.39. The number of nitrogens with zero attached hydrogens (tertiary/aromatic N) is 1.